The van der Waals surface area contributed by atoms with Crippen LogP contribution in [0.2, 0.25) is 0 Å². The molecule has 0 bridgehead atoms. The molecule has 1 aromatic heterocycles. The van der Waals surface area contributed by atoms with Crippen molar-refractivity contribution >= 4 is 16.7 Å². The van der Waals surface area contributed by atoms with Crippen LogP contribution in [0.25, 0.3) is 11.0 Å². The van der Waals surface area contributed by atoms with Crippen LogP contribution in [0.4, 0.5) is 5.69 Å². The van der Waals surface area contributed by atoms with E-state index in [-0.39, 0.29) is 22.8 Å². The van der Waals surface area contributed by atoms with Crippen molar-refractivity contribution < 1.29 is 9.66 Å². The third kappa shape index (κ3) is 2.10. The van der Waals surface area contributed by atoms with Crippen molar-refractivity contribution in [2.75, 3.05) is 0 Å². The van der Waals surface area contributed by atoms with Crippen molar-refractivity contribution in [1.82, 2.24) is 9.97 Å². The molecule has 2 heterocycles. The number of fused-ring (bicyclic) bond motifs is 1. The lowest BCUT2D eigenvalue weighted by Gasteiger charge is -2.00. The van der Waals surface area contributed by atoms with Crippen LogP contribution in [-0.4, -0.2) is 14.9 Å². The summed E-state index contributed by atoms with van der Waals surface area (Å²) < 4.78 is 5.62. The summed E-state index contributed by atoms with van der Waals surface area (Å²) >= 11 is 0. The molecule has 0 aliphatic carbocycles. The Labute approximate surface area is 125 Å². The fourth-order valence-corrected chi connectivity index (χ4v) is 2.58. The Morgan fingerprint density at radius 3 is 2.55 bits per heavy atom. The van der Waals surface area contributed by atoms with E-state index in [2.05, 4.69) is 9.97 Å². The number of para-hydroxylation sites is 3. The molecule has 6 heteroatoms. The Hall–Kier alpha value is -2.86. The molecule has 2 atom stereocenters. The Morgan fingerprint density at radius 1 is 1.00 bits per heavy atom. The van der Waals surface area contributed by atoms with Crippen molar-refractivity contribution in [1.29, 1.82) is 0 Å². The summed E-state index contributed by atoms with van der Waals surface area (Å²) in [5.41, 5.74) is 2.95. The maximum Gasteiger partial charge on any atom is 0.275 e. The molecule has 3 aromatic rings. The van der Waals surface area contributed by atoms with E-state index in [1.807, 2.05) is 24.3 Å². The minimum absolute atomic E-state index is 0.0729. The zero-order valence-electron chi connectivity index (χ0n) is 11.4. The van der Waals surface area contributed by atoms with Gasteiger partial charge in [-0.3, -0.25) is 15.1 Å². The van der Waals surface area contributed by atoms with Gasteiger partial charge in [0.2, 0.25) is 0 Å². The number of nitrogens with zero attached hydrogens (tertiary/aromatic N) is 3. The van der Waals surface area contributed by atoms with Crippen molar-refractivity contribution in [3.05, 3.63) is 76.1 Å². The van der Waals surface area contributed by atoms with E-state index in [4.69, 9.17) is 4.74 Å². The molecule has 1 saturated heterocycles. The number of benzene rings is 2. The second kappa shape index (κ2) is 4.85. The third-order valence-corrected chi connectivity index (χ3v) is 3.69. The number of hydrogen-bond donors (Lipinski definition) is 0. The molecule has 0 amide bonds. The maximum absolute atomic E-state index is 11.1. The quantitative estimate of drug-likeness (QED) is 0.420. The van der Waals surface area contributed by atoms with Crippen LogP contribution in [0.3, 0.4) is 0 Å². The standard InChI is InChI=1S/C16H11N3O3/c20-19(21)14-8-4-1-5-10(14)15-16(22-15)13-9-17-11-6-2-3-7-12(11)18-13/h1-9,15-16H/t15-,16+/m1/s1. The second-order valence-electron chi connectivity index (χ2n) is 5.08. The summed E-state index contributed by atoms with van der Waals surface area (Å²) in [6.07, 6.45) is 1.05. The zero-order chi connectivity index (χ0) is 15.1. The minimum Gasteiger partial charge on any atom is -0.357 e. The van der Waals surface area contributed by atoms with Gasteiger partial charge in [0, 0.05) is 6.07 Å². The first-order valence-electron chi connectivity index (χ1n) is 6.84. The lowest BCUT2D eigenvalue weighted by molar-refractivity contribution is -0.385. The number of hydrogen-bond acceptors (Lipinski definition) is 5. The van der Waals surface area contributed by atoms with E-state index >= 15 is 0 Å². The Balaban J connectivity index is 1.67. The van der Waals surface area contributed by atoms with Gasteiger partial charge in [-0.15, -0.1) is 0 Å². The number of nitro groups is 1. The molecule has 22 heavy (non-hydrogen) atoms. The van der Waals surface area contributed by atoms with E-state index in [1.54, 1.807) is 24.4 Å². The molecular weight excluding hydrogens is 282 g/mol. The van der Waals surface area contributed by atoms with E-state index in [9.17, 15) is 10.1 Å². The smallest absolute Gasteiger partial charge is 0.275 e. The third-order valence-electron chi connectivity index (χ3n) is 3.69. The Morgan fingerprint density at radius 2 is 1.73 bits per heavy atom. The van der Waals surface area contributed by atoms with Crippen molar-refractivity contribution in [3.63, 3.8) is 0 Å². The van der Waals surface area contributed by atoms with E-state index < -0.39 is 0 Å². The predicted molar refractivity (Wildman–Crippen MR) is 79.2 cm³/mol. The molecule has 0 radical (unpaired) electrons. The van der Waals surface area contributed by atoms with Gasteiger partial charge in [0.1, 0.15) is 12.2 Å². The molecule has 1 aliphatic rings. The first kappa shape index (κ1) is 12.8. The molecule has 108 valence electrons. The molecule has 0 N–H and O–H groups in total. The number of nitro benzene ring substituents is 1. The monoisotopic (exact) mass is 293 g/mol. The average molecular weight is 293 g/mol. The van der Waals surface area contributed by atoms with Gasteiger partial charge >= 0.3 is 0 Å². The van der Waals surface area contributed by atoms with Crippen molar-refractivity contribution in [3.8, 4) is 0 Å². The molecule has 0 saturated carbocycles. The van der Waals surface area contributed by atoms with Crippen LogP contribution in [-0.2, 0) is 4.74 Å². The highest BCUT2D eigenvalue weighted by Gasteiger charge is 2.46. The molecule has 2 aromatic carbocycles. The lowest BCUT2D eigenvalue weighted by Crippen LogP contribution is -1.96. The van der Waals surface area contributed by atoms with Crippen molar-refractivity contribution in [2.45, 2.75) is 12.2 Å². The first-order chi connectivity index (χ1) is 10.7. The van der Waals surface area contributed by atoms with Gasteiger partial charge in [0.05, 0.1) is 33.4 Å². The van der Waals surface area contributed by atoms with Gasteiger partial charge in [0.25, 0.3) is 5.69 Å². The minimum atomic E-state index is -0.389. The van der Waals surface area contributed by atoms with Crippen LogP contribution < -0.4 is 0 Å². The van der Waals surface area contributed by atoms with Gasteiger partial charge < -0.3 is 4.74 Å². The van der Waals surface area contributed by atoms with Crippen LogP contribution in [0.1, 0.15) is 23.5 Å². The fraction of sp³-hybridized carbons (Fsp3) is 0.125. The van der Waals surface area contributed by atoms with Gasteiger partial charge in [-0.05, 0) is 18.2 Å². The average Bonchev–Trinajstić information content (AvgIpc) is 3.35. The van der Waals surface area contributed by atoms with Crippen LogP contribution in [0.5, 0.6) is 0 Å². The summed E-state index contributed by atoms with van der Waals surface area (Å²) in [5.74, 6) is 0. The topological polar surface area (TPSA) is 81.5 Å². The number of ether oxygens (including phenoxy) is 1. The number of epoxide rings is 1. The summed E-state index contributed by atoms with van der Waals surface area (Å²) in [6.45, 7) is 0. The van der Waals surface area contributed by atoms with E-state index in [1.165, 1.54) is 6.07 Å². The molecule has 0 spiro atoms. The van der Waals surface area contributed by atoms with Crippen LogP contribution >= 0.6 is 0 Å². The van der Waals surface area contributed by atoms with Crippen LogP contribution in [0, 0.1) is 10.1 Å². The summed E-state index contributed by atoms with van der Waals surface area (Å²) in [5, 5.41) is 11.1. The highest BCUT2D eigenvalue weighted by molar-refractivity contribution is 5.73. The molecule has 4 rings (SSSR count). The lowest BCUT2D eigenvalue weighted by atomic mass is 10.1. The second-order valence-corrected chi connectivity index (χ2v) is 5.08. The van der Waals surface area contributed by atoms with E-state index in [0.717, 1.165) is 11.0 Å². The molecule has 0 unspecified atom stereocenters. The SMILES string of the molecule is O=[N+]([O-])c1ccccc1[C@H]1O[C@H]1c1cnc2ccccc2n1. The fourth-order valence-electron chi connectivity index (χ4n) is 2.58. The molecule has 6 nitrogen and oxygen atoms in total. The van der Waals surface area contributed by atoms with Gasteiger partial charge in [-0.2, -0.15) is 0 Å². The highest BCUT2D eigenvalue weighted by atomic mass is 16.6. The molecule has 1 fully saturated rings. The number of aromatic nitrogens is 2. The number of rotatable bonds is 3. The summed E-state index contributed by atoms with van der Waals surface area (Å²) in [4.78, 5) is 19.6. The van der Waals surface area contributed by atoms with Crippen molar-refractivity contribution in [2.24, 2.45) is 0 Å². The molecule has 1 aliphatic heterocycles. The summed E-state index contributed by atoms with van der Waals surface area (Å²) in [6, 6.07) is 14.2. The normalized spacial score (nSPS) is 20.0. The zero-order valence-corrected chi connectivity index (χ0v) is 11.4. The highest BCUT2D eigenvalue weighted by Crippen LogP contribution is 2.52. The van der Waals surface area contributed by atoms with Gasteiger partial charge in [-0.25, -0.2) is 4.98 Å². The molecular formula is C16H11N3O3. The Kier molecular flexibility index (Phi) is 2.83. The summed E-state index contributed by atoms with van der Waals surface area (Å²) in [7, 11) is 0. The van der Waals surface area contributed by atoms with Gasteiger partial charge in [-0.1, -0.05) is 24.3 Å². The predicted octanol–water partition coefficient (Wildman–Crippen LogP) is 3.35. The first-order valence-corrected chi connectivity index (χ1v) is 6.84. The Bertz CT molecular complexity index is 881. The largest absolute Gasteiger partial charge is 0.357 e. The van der Waals surface area contributed by atoms with Crippen LogP contribution in [0.15, 0.2) is 54.7 Å². The van der Waals surface area contributed by atoms with Gasteiger partial charge in [0.15, 0.2) is 0 Å². The van der Waals surface area contributed by atoms with E-state index in [0.29, 0.717) is 11.3 Å². The maximum atomic E-state index is 11.1.